The van der Waals surface area contributed by atoms with E-state index >= 15 is 0 Å². The second kappa shape index (κ2) is 7.59. The molecule has 0 radical (unpaired) electrons. The molecule has 32 heavy (non-hydrogen) atoms. The van der Waals surface area contributed by atoms with Crippen molar-refractivity contribution in [1.82, 2.24) is 24.6 Å². The number of nitrogens with zero attached hydrogens (tertiary/aromatic N) is 7. The Bertz CT molecular complexity index is 1200. The topological polar surface area (TPSA) is 99.9 Å². The molecule has 0 saturated carbocycles. The number of rotatable bonds is 3. The maximum Gasteiger partial charge on any atom is 0.407 e. The minimum Gasteiger partial charge on any atom is -0.465 e. The molecule has 3 aromatic heterocycles. The number of carboxylic acid groups (broad SMARTS) is 1. The van der Waals surface area contributed by atoms with Crippen molar-refractivity contribution >= 4 is 44.7 Å². The van der Waals surface area contributed by atoms with Gasteiger partial charge in [0, 0.05) is 38.4 Å². The fourth-order valence-electron chi connectivity index (χ4n) is 4.98. The quantitative estimate of drug-likeness (QED) is 0.586. The van der Waals surface area contributed by atoms with E-state index in [1.807, 2.05) is 28.9 Å². The van der Waals surface area contributed by atoms with Gasteiger partial charge in [-0.1, -0.05) is 0 Å². The van der Waals surface area contributed by atoms with Crippen molar-refractivity contribution < 1.29 is 14.6 Å². The third-order valence-corrected chi connectivity index (χ3v) is 7.15. The Hall–Kier alpha value is -2.92. The lowest BCUT2D eigenvalue weighted by molar-refractivity contribution is 0.122. The first-order valence-corrected chi connectivity index (χ1v) is 11.5. The zero-order valence-corrected chi connectivity index (χ0v) is 18.8. The number of morpholine rings is 1. The lowest BCUT2D eigenvalue weighted by Gasteiger charge is -2.33. The van der Waals surface area contributed by atoms with Crippen molar-refractivity contribution in [3.8, 4) is 5.69 Å². The van der Waals surface area contributed by atoms with E-state index in [0.717, 1.165) is 52.5 Å². The highest BCUT2D eigenvalue weighted by Crippen LogP contribution is 2.35. The van der Waals surface area contributed by atoms with Gasteiger partial charge >= 0.3 is 6.09 Å². The van der Waals surface area contributed by atoms with Crippen molar-refractivity contribution in [2.75, 3.05) is 49.2 Å². The summed E-state index contributed by atoms with van der Waals surface area (Å²) in [5, 5.41) is 15.0. The highest BCUT2D eigenvalue weighted by molar-refractivity contribution is 9.10. The van der Waals surface area contributed by atoms with E-state index in [-0.39, 0.29) is 12.1 Å². The highest BCUT2D eigenvalue weighted by atomic mass is 79.9. The third kappa shape index (κ3) is 3.18. The number of aromatic nitrogens is 4. The van der Waals surface area contributed by atoms with Gasteiger partial charge in [0.05, 0.1) is 36.4 Å². The molecule has 0 aliphatic carbocycles. The van der Waals surface area contributed by atoms with Gasteiger partial charge in [0.1, 0.15) is 16.2 Å². The zero-order chi connectivity index (χ0) is 21.8. The van der Waals surface area contributed by atoms with Crippen molar-refractivity contribution in [1.29, 1.82) is 0 Å². The summed E-state index contributed by atoms with van der Waals surface area (Å²) in [7, 11) is 0. The van der Waals surface area contributed by atoms with Crippen LogP contribution in [-0.4, -0.2) is 87.3 Å². The molecule has 6 rings (SSSR count). The van der Waals surface area contributed by atoms with Gasteiger partial charge in [-0.3, -0.25) is 0 Å². The first-order chi connectivity index (χ1) is 15.6. The molecule has 2 bridgehead atoms. The van der Waals surface area contributed by atoms with Crippen LogP contribution in [-0.2, 0) is 4.74 Å². The average Bonchev–Trinajstić information content (AvgIpc) is 3.52. The molecule has 0 aromatic carbocycles. The lowest BCUT2D eigenvalue weighted by Crippen LogP contribution is -2.48. The van der Waals surface area contributed by atoms with Crippen molar-refractivity contribution in [3.63, 3.8) is 0 Å². The molecule has 3 aliphatic rings. The number of piperazine rings is 1. The number of anilines is 2. The molecule has 3 aliphatic heterocycles. The number of likely N-dealkylation sites (tertiary alicyclic amines) is 1. The van der Waals surface area contributed by atoms with E-state index in [0.29, 0.717) is 26.3 Å². The van der Waals surface area contributed by atoms with Crippen LogP contribution >= 0.6 is 15.9 Å². The first-order valence-electron chi connectivity index (χ1n) is 10.7. The molecule has 6 heterocycles. The predicted octanol–water partition coefficient (Wildman–Crippen LogP) is 2.36. The second-order valence-corrected chi connectivity index (χ2v) is 9.10. The molecule has 166 valence electrons. The van der Waals surface area contributed by atoms with E-state index < -0.39 is 6.09 Å². The molecule has 0 unspecified atom stereocenters. The van der Waals surface area contributed by atoms with Crippen LogP contribution < -0.4 is 9.80 Å². The van der Waals surface area contributed by atoms with Crippen LogP contribution in [0.15, 0.2) is 35.1 Å². The van der Waals surface area contributed by atoms with Crippen LogP contribution in [0.2, 0.25) is 0 Å². The van der Waals surface area contributed by atoms with Gasteiger partial charge in [-0.05, 0) is 40.5 Å². The second-order valence-electron chi connectivity index (χ2n) is 8.35. The minimum absolute atomic E-state index is 0.0281. The van der Waals surface area contributed by atoms with Crippen LogP contribution in [0.5, 0.6) is 0 Å². The summed E-state index contributed by atoms with van der Waals surface area (Å²) in [6.07, 6.45) is 1.78. The normalized spacial score (nSPS) is 22.8. The summed E-state index contributed by atoms with van der Waals surface area (Å²) in [5.74, 6) is 1.75. The number of hydrogen-bond acceptors (Lipinski definition) is 7. The monoisotopic (exact) mass is 499 g/mol. The van der Waals surface area contributed by atoms with E-state index in [4.69, 9.17) is 14.8 Å². The SMILES string of the molecule is O=C(O)N1C[C@@H]2C[C@H]1CN2c1cc(-n2nc(Br)c3ccc(N4CCOCC4)nc32)ccn1. The zero-order valence-electron chi connectivity index (χ0n) is 17.3. The minimum atomic E-state index is -0.839. The van der Waals surface area contributed by atoms with Crippen molar-refractivity contribution in [2.24, 2.45) is 0 Å². The van der Waals surface area contributed by atoms with Crippen molar-refractivity contribution in [3.05, 3.63) is 35.1 Å². The van der Waals surface area contributed by atoms with E-state index in [9.17, 15) is 9.90 Å². The van der Waals surface area contributed by atoms with Crippen LogP contribution in [0.25, 0.3) is 16.7 Å². The Morgan fingerprint density at radius 1 is 1.12 bits per heavy atom. The number of hydrogen-bond donors (Lipinski definition) is 1. The summed E-state index contributed by atoms with van der Waals surface area (Å²) in [5.41, 5.74) is 1.65. The summed E-state index contributed by atoms with van der Waals surface area (Å²) >= 11 is 3.57. The molecule has 3 fully saturated rings. The van der Waals surface area contributed by atoms with E-state index in [1.54, 1.807) is 11.1 Å². The molecule has 1 amide bonds. The number of amides is 1. The van der Waals surface area contributed by atoms with Crippen LogP contribution in [0.4, 0.5) is 16.4 Å². The molecule has 2 atom stereocenters. The Kier molecular flexibility index (Phi) is 4.68. The fraction of sp³-hybridized carbons (Fsp3) is 0.429. The number of pyridine rings is 2. The number of halogens is 1. The molecule has 1 N–H and O–H groups in total. The molecular formula is C21H22BrN7O3. The first kappa shape index (κ1) is 19.7. The largest absolute Gasteiger partial charge is 0.465 e. The van der Waals surface area contributed by atoms with Crippen LogP contribution in [0.3, 0.4) is 0 Å². The van der Waals surface area contributed by atoms with Gasteiger partial charge in [0.15, 0.2) is 5.65 Å². The Labute approximate surface area is 192 Å². The van der Waals surface area contributed by atoms with Crippen LogP contribution in [0, 0.1) is 0 Å². The lowest BCUT2D eigenvalue weighted by atomic mass is 10.2. The Balaban J connectivity index is 1.34. The fourth-order valence-corrected chi connectivity index (χ4v) is 5.44. The maximum absolute atomic E-state index is 11.4. The molecule has 10 nitrogen and oxygen atoms in total. The summed E-state index contributed by atoms with van der Waals surface area (Å²) in [4.78, 5) is 26.9. The average molecular weight is 500 g/mol. The van der Waals surface area contributed by atoms with Gasteiger partial charge in [0.2, 0.25) is 0 Å². The Morgan fingerprint density at radius 3 is 2.72 bits per heavy atom. The third-order valence-electron chi connectivity index (χ3n) is 6.56. The highest BCUT2D eigenvalue weighted by Gasteiger charge is 2.45. The summed E-state index contributed by atoms with van der Waals surface area (Å²) in [6.45, 7) is 4.22. The smallest absolute Gasteiger partial charge is 0.407 e. The van der Waals surface area contributed by atoms with Gasteiger partial charge < -0.3 is 24.5 Å². The predicted molar refractivity (Wildman–Crippen MR) is 122 cm³/mol. The van der Waals surface area contributed by atoms with E-state index in [2.05, 4.69) is 30.7 Å². The standard InChI is InChI=1S/C21H22BrN7O3/c22-19-16-1-2-17(26-5-7-32-8-6-26)24-20(16)29(25-19)13-3-4-23-18(10-13)27-11-15-9-14(27)12-28(15)21(30)31/h1-4,10,14-15H,5-9,11-12H2,(H,30,31)/t14-,15-/m0/s1. The summed E-state index contributed by atoms with van der Waals surface area (Å²) in [6, 6.07) is 8.18. The number of fused-ring (bicyclic) bond motifs is 3. The number of carbonyl (C=O) groups is 1. The maximum atomic E-state index is 11.4. The Morgan fingerprint density at radius 2 is 1.97 bits per heavy atom. The summed E-state index contributed by atoms with van der Waals surface area (Å²) < 4.78 is 8.05. The molecule has 3 saturated heterocycles. The van der Waals surface area contributed by atoms with Gasteiger partial charge in [-0.25, -0.2) is 19.4 Å². The number of ether oxygens (including phenoxy) is 1. The van der Waals surface area contributed by atoms with Gasteiger partial charge in [-0.15, -0.1) is 0 Å². The molecule has 3 aromatic rings. The molecule has 11 heteroatoms. The van der Waals surface area contributed by atoms with E-state index in [1.165, 1.54) is 0 Å². The molecule has 0 spiro atoms. The van der Waals surface area contributed by atoms with Gasteiger partial charge in [-0.2, -0.15) is 5.10 Å². The van der Waals surface area contributed by atoms with Crippen molar-refractivity contribution in [2.45, 2.75) is 18.5 Å². The van der Waals surface area contributed by atoms with Crippen LogP contribution in [0.1, 0.15) is 6.42 Å². The van der Waals surface area contributed by atoms with Gasteiger partial charge in [0.25, 0.3) is 0 Å². The molecular weight excluding hydrogens is 478 g/mol.